The van der Waals surface area contributed by atoms with Gasteiger partial charge in [0.05, 0.1) is 6.10 Å². The first kappa shape index (κ1) is 12.2. The standard InChI is InChI=1S/C11H20O2/c1-5-10(4)13-11(12)8-6-7-9(2)3/h10H,2,5-8H2,1,3-4H3. The van der Waals surface area contributed by atoms with E-state index in [0.717, 1.165) is 24.8 Å². The van der Waals surface area contributed by atoms with Crippen LogP contribution in [-0.4, -0.2) is 12.1 Å². The number of carbonyl (C=O) groups is 1. The summed E-state index contributed by atoms with van der Waals surface area (Å²) >= 11 is 0. The van der Waals surface area contributed by atoms with Crippen LogP contribution in [0.1, 0.15) is 46.5 Å². The first-order valence-corrected chi connectivity index (χ1v) is 4.90. The second-order valence-corrected chi connectivity index (χ2v) is 3.52. The number of allylic oxidation sites excluding steroid dienone is 1. The summed E-state index contributed by atoms with van der Waals surface area (Å²) in [4.78, 5) is 11.1. The Bertz CT molecular complexity index is 173. The third-order valence-electron chi connectivity index (χ3n) is 1.89. The zero-order valence-corrected chi connectivity index (χ0v) is 8.93. The predicted octanol–water partition coefficient (Wildman–Crippen LogP) is 3.07. The minimum Gasteiger partial charge on any atom is -0.463 e. The molecule has 76 valence electrons. The van der Waals surface area contributed by atoms with E-state index in [0.29, 0.717) is 6.42 Å². The lowest BCUT2D eigenvalue weighted by atomic mass is 10.1. The van der Waals surface area contributed by atoms with Crippen molar-refractivity contribution in [1.82, 2.24) is 0 Å². The fourth-order valence-electron chi connectivity index (χ4n) is 0.901. The lowest BCUT2D eigenvalue weighted by Gasteiger charge is -2.10. The summed E-state index contributed by atoms with van der Waals surface area (Å²) in [5, 5.41) is 0. The molecular weight excluding hydrogens is 164 g/mol. The van der Waals surface area contributed by atoms with Crippen LogP contribution in [0.4, 0.5) is 0 Å². The van der Waals surface area contributed by atoms with Crippen LogP contribution < -0.4 is 0 Å². The zero-order valence-electron chi connectivity index (χ0n) is 8.93. The van der Waals surface area contributed by atoms with Crippen molar-refractivity contribution < 1.29 is 9.53 Å². The number of rotatable bonds is 6. The van der Waals surface area contributed by atoms with Crippen molar-refractivity contribution in [2.75, 3.05) is 0 Å². The van der Waals surface area contributed by atoms with Gasteiger partial charge in [-0.05, 0) is 33.1 Å². The van der Waals surface area contributed by atoms with E-state index in [9.17, 15) is 4.79 Å². The molecule has 0 spiro atoms. The molecule has 0 aromatic rings. The normalized spacial score (nSPS) is 12.2. The summed E-state index contributed by atoms with van der Waals surface area (Å²) in [5.74, 6) is -0.0874. The van der Waals surface area contributed by atoms with Crippen molar-refractivity contribution >= 4 is 5.97 Å². The van der Waals surface area contributed by atoms with E-state index >= 15 is 0 Å². The summed E-state index contributed by atoms with van der Waals surface area (Å²) in [6.07, 6.45) is 3.21. The van der Waals surface area contributed by atoms with Gasteiger partial charge in [0, 0.05) is 6.42 Å². The Balaban J connectivity index is 3.46. The Labute approximate surface area is 81.0 Å². The Morgan fingerprint density at radius 2 is 2.08 bits per heavy atom. The second-order valence-electron chi connectivity index (χ2n) is 3.52. The average Bonchev–Trinajstić information content (AvgIpc) is 2.03. The quantitative estimate of drug-likeness (QED) is 0.468. The summed E-state index contributed by atoms with van der Waals surface area (Å²) < 4.78 is 5.11. The van der Waals surface area contributed by atoms with Crippen LogP contribution in [0.3, 0.4) is 0 Å². The molecule has 2 nitrogen and oxygen atoms in total. The number of ether oxygens (including phenoxy) is 1. The number of hydrogen-bond donors (Lipinski definition) is 0. The van der Waals surface area contributed by atoms with Crippen molar-refractivity contribution in [2.24, 2.45) is 0 Å². The molecule has 0 radical (unpaired) electrons. The number of esters is 1. The minimum absolute atomic E-state index is 0.0531. The van der Waals surface area contributed by atoms with Gasteiger partial charge in [-0.15, -0.1) is 6.58 Å². The molecule has 0 aromatic carbocycles. The van der Waals surface area contributed by atoms with Crippen molar-refractivity contribution in [3.8, 4) is 0 Å². The van der Waals surface area contributed by atoms with E-state index in [1.807, 2.05) is 20.8 Å². The average molecular weight is 184 g/mol. The van der Waals surface area contributed by atoms with Gasteiger partial charge in [0.15, 0.2) is 0 Å². The molecule has 0 bridgehead atoms. The molecule has 0 heterocycles. The van der Waals surface area contributed by atoms with Gasteiger partial charge < -0.3 is 4.74 Å². The number of carbonyl (C=O) groups excluding carboxylic acids is 1. The maximum atomic E-state index is 11.1. The molecule has 0 aliphatic rings. The van der Waals surface area contributed by atoms with E-state index in [1.54, 1.807) is 0 Å². The fraction of sp³-hybridized carbons (Fsp3) is 0.727. The maximum absolute atomic E-state index is 11.1. The van der Waals surface area contributed by atoms with Crippen LogP contribution in [0, 0.1) is 0 Å². The summed E-state index contributed by atoms with van der Waals surface area (Å²) in [6, 6.07) is 0. The van der Waals surface area contributed by atoms with Crippen LogP contribution in [0.25, 0.3) is 0 Å². The maximum Gasteiger partial charge on any atom is 0.306 e. The monoisotopic (exact) mass is 184 g/mol. The molecule has 0 aliphatic heterocycles. The molecule has 0 aromatic heterocycles. The molecule has 0 aliphatic carbocycles. The third kappa shape index (κ3) is 7.57. The Morgan fingerprint density at radius 1 is 1.46 bits per heavy atom. The molecule has 1 unspecified atom stereocenters. The van der Waals surface area contributed by atoms with Gasteiger partial charge in [-0.1, -0.05) is 12.5 Å². The predicted molar refractivity (Wildman–Crippen MR) is 54.5 cm³/mol. The van der Waals surface area contributed by atoms with Gasteiger partial charge in [-0.2, -0.15) is 0 Å². The second kappa shape index (κ2) is 6.70. The third-order valence-corrected chi connectivity index (χ3v) is 1.89. The zero-order chi connectivity index (χ0) is 10.3. The highest BCUT2D eigenvalue weighted by Crippen LogP contribution is 2.06. The van der Waals surface area contributed by atoms with Gasteiger partial charge in [0.25, 0.3) is 0 Å². The smallest absolute Gasteiger partial charge is 0.306 e. The lowest BCUT2D eigenvalue weighted by molar-refractivity contribution is -0.148. The first-order chi connectivity index (χ1) is 6.06. The van der Waals surface area contributed by atoms with E-state index in [2.05, 4.69) is 6.58 Å². The SMILES string of the molecule is C=C(C)CCCC(=O)OC(C)CC. The van der Waals surface area contributed by atoms with Crippen LogP contribution in [-0.2, 0) is 9.53 Å². The van der Waals surface area contributed by atoms with Crippen LogP contribution in [0.5, 0.6) is 0 Å². The summed E-state index contributed by atoms with van der Waals surface area (Å²) in [7, 11) is 0. The van der Waals surface area contributed by atoms with E-state index in [4.69, 9.17) is 4.74 Å². The van der Waals surface area contributed by atoms with Gasteiger partial charge in [0.2, 0.25) is 0 Å². The topological polar surface area (TPSA) is 26.3 Å². The van der Waals surface area contributed by atoms with Crippen molar-refractivity contribution in [3.05, 3.63) is 12.2 Å². The number of hydrogen-bond acceptors (Lipinski definition) is 2. The molecule has 0 fully saturated rings. The molecule has 1 atom stereocenters. The van der Waals surface area contributed by atoms with Gasteiger partial charge in [0.1, 0.15) is 0 Å². The minimum atomic E-state index is -0.0874. The first-order valence-electron chi connectivity index (χ1n) is 4.90. The van der Waals surface area contributed by atoms with E-state index < -0.39 is 0 Å². The Kier molecular flexibility index (Phi) is 6.29. The molecule has 0 saturated heterocycles. The van der Waals surface area contributed by atoms with Crippen molar-refractivity contribution in [2.45, 2.75) is 52.6 Å². The van der Waals surface area contributed by atoms with Gasteiger partial charge >= 0.3 is 5.97 Å². The summed E-state index contributed by atoms with van der Waals surface area (Å²) in [6.45, 7) is 9.67. The molecule has 0 rings (SSSR count). The highest BCUT2D eigenvalue weighted by atomic mass is 16.5. The van der Waals surface area contributed by atoms with E-state index in [1.165, 1.54) is 0 Å². The van der Waals surface area contributed by atoms with E-state index in [-0.39, 0.29) is 12.1 Å². The molecule has 2 heteroatoms. The Hall–Kier alpha value is -0.790. The van der Waals surface area contributed by atoms with Crippen molar-refractivity contribution in [3.63, 3.8) is 0 Å². The van der Waals surface area contributed by atoms with Gasteiger partial charge in [-0.25, -0.2) is 0 Å². The van der Waals surface area contributed by atoms with Crippen LogP contribution in [0.15, 0.2) is 12.2 Å². The highest BCUT2D eigenvalue weighted by molar-refractivity contribution is 5.69. The van der Waals surface area contributed by atoms with Crippen molar-refractivity contribution in [1.29, 1.82) is 0 Å². The molecule has 13 heavy (non-hydrogen) atoms. The molecule has 0 amide bonds. The van der Waals surface area contributed by atoms with Crippen LogP contribution in [0.2, 0.25) is 0 Å². The fourth-order valence-corrected chi connectivity index (χ4v) is 0.901. The molecular formula is C11H20O2. The lowest BCUT2D eigenvalue weighted by Crippen LogP contribution is -2.13. The Morgan fingerprint density at radius 3 is 2.54 bits per heavy atom. The largest absolute Gasteiger partial charge is 0.463 e. The van der Waals surface area contributed by atoms with Crippen LogP contribution >= 0.6 is 0 Å². The molecule has 0 saturated carbocycles. The summed E-state index contributed by atoms with van der Waals surface area (Å²) in [5.41, 5.74) is 1.12. The van der Waals surface area contributed by atoms with Gasteiger partial charge in [-0.3, -0.25) is 4.79 Å². The highest BCUT2D eigenvalue weighted by Gasteiger charge is 2.06. The molecule has 0 N–H and O–H groups in total.